The second kappa shape index (κ2) is 2.01. The van der Waals surface area contributed by atoms with Gasteiger partial charge in [0.05, 0.1) is 0 Å². The first-order valence-electron chi connectivity index (χ1n) is 4.08. The molecule has 1 saturated carbocycles. The van der Waals surface area contributed by atoms with E-state index in [1.807, 2.05) is 0 Å². The molecular weight excluding hydrogens is 132 g/mol. The molecule has 0 aromatic heterocycles. The van der Waals surface area contributed by atoms with Crippen molar-refractivity contribution in [2.24, 2.45) is 11.3 Å². The third-order valence-corrected chi connectivity index (χ3v) is 2.75. The van der Waals surface area contributed by atoms with Gasteiger partial charge in [0, 0.05) is 6.42 Å². The molecule has 1 fully saturated rings. The summed E-state index contributed by atoms with van der Waals surface area (Å²) >= 11 is 0. The summed E-state index contributed by atoms with van der Waals surface area (Å²) < 4.78 is 0. The second-order valence-corrected chi connectivity index (χ2v) is 3.77. The summed E-state index contributed by atoms with van der Waals surface area (Å²) in [6.07, 6.45) is 14.2. The Labute approximate surface area is 68.0 Å². The summed E-state index contributed by atoms with van der Waals surface area (Å²) in [6.45, 7) is 2.30. The number of fused-ring (bicyclic) bond motifs is 1. The SMILES string of the molecule is C#CCC1=CC2CC2(C)C=C1. The van der Waals surface area contributed by atoms with Crippen LogP contribution in [0.5, 0.6) is 0 Å². The predicted octanol–water partition coefficient (Wildman–Crippen LogP) is 2.53. The number of allylic oxidation sites excluding steroid dienone is 4. The molecule has 0 amide bonds. The first-order valence-corrected chi connectivity index (χ1v) is 4.08. The van der Waals surface area contributed by atoms with E-state index in [-0.39, 0.29) is 0 Å². The Hall–Kier alpha value is -0.960. The van der Waals surface area contributed by atoms with Gasteiger partial charge in [0.25, 0.3) is 0 Å². The molecule has 2 aliphatic carbocycles. The quantitative estimate of drug-likeness (QED) is 0.496. The topological polar surface area (TPSA) is 0 Å². The van der Waals surface area contributed by atoms with E-state index < -0.39 is 0 Å². The van der Waals surface area contributed by atoms with Gasteiger partial charge < -0.3 is 0 Å². The molecule has 0 aliphatic heterocycles. The Bertz CT molecular complexity index is 275. The van der Waals surface area contributed by atoms with Gasteiger partial charge in [-0.3, -0.25) is 0 Å². The zero-order valence-electron chi connectivity index (χ0n) is 6.80. The normalized spacial score (nSPS) is 38.9. The lowest BCUT2D eigenvalue weighted by atomic mass is 9.97. The van der Waals surface area contributed by atoms with E-state index in [2.05, 4.69) is 31.1 Å². The summed E-state index contributed by atoms with van der Waals surface area (Å²) in [6, 6.07) is 0. The highest BCUT2D eigenvalue weighted by Gasteiger charge is 2.47. The van der Waals surface area contributed by atoms with Crippen molar-refractivity contribution >= 4 is 0 Å². The highest BCUT2D eigenvalue weighted by molar-refractivity contribution is 5.36. The number of rotatable bonds is 1. The van der Waals surface area contributed by atoms with Crippen LogP contribution in [0.25, 0.3) is 0 Å². The smallest absolute Gasteiger partial charge is 0.0334 e. The van der Waals surface area contributed by atoms with Crippen LogP contribution in [0.1, 0.15) is 19.8 Å². The van der Waals surface area contributed by atoms with Crippen molar-refractivity contribution in [3.8, 4) is 12.3 Å². The highest BCUT2D eigenvalue weighted by atomic mass is 14.5. The van der Waals surface area contributed by atoms with E-state index in [1.54, 1.807) is 0 Å². The minimum atomic E-state index is 0.498. The molecule has 2 atom stereocenters. The Morgan fingerprint density at radius 1 is 1.82 bits per heavy atom. The van der Waals surface area contributed by atoms with E-state index in [0.717, 1.165) is 12.3 Å². The standard InChI is InChI=1S/C11H12/c1-3-4-9-5-6-11(2)8-10(11)7-9/h1,5-7,10H,4,8H2,2H3. The maximum atomic E-state index is 5.23. The van der Waals surface area contributed by atoms with Gasteiger partial charge in [-0.2, -0.15) is 0 Å². The van der Waals surface area contributed by atoms with Crippen LogP contribution in [0.3, 0.4) is 0 Å². The van der Waals surface area contributed by atoms with Crippen LogP contribution in [0.15, 0.2) is 23.8 Å². The Kier molecular flexibility index (Phi) is 1.23. The average molecular weight is 144 g/mol. The predicted molar refractivity (Wildman–Crippen MR) is 46.9 cm³/mol. The molecule has 0 heteroatoms. The summed E-state index contributed by atoms with van der Waals surface area (Å²) in [5.74, 6) is 3.46. The maximum Gasteiger partial charge on any atom is 0.0334 e. The van der Waals surface area contributed by atoms with Crippen molar-refractivity contribution < 1.29 is 0 Å². The number of hydrogen-bond donors (Lipinski definition) is 0. The lowest BCUT2D eigenvalue weighted by Gasteiger charge is -2.08. The average Bonchev–Trinajstić information content (AvgIpc) is 2.61. The van der Waals surface area contributed by atoms with Crippen molar-refractivity contribution in [1.82, 2.24) is 0 Å². The zero-order chi connectivity index (χ0) is 7.90. The summed E-state index contributed by atoms with van der Waals surface area (Å²) in [5.41, 5.74) is 1.82. The van der Waals surface area contributed by atoms with Crippen LogP contribution in [-0.2, 0) is 0 Å². The molecule has 2 unspecified atom stereocenters. The molecule has 0 radical (unpaired) electrons. The molecule has 0 spiro atoms. The van der Waals surface area contributed by atoms with Gasteiger partial charge in [0.15, 0.2) is 0 Å². The van der Waals surface area contributed by atoms with Crippen LogP contribution < -0.4 is 0 Å². The maximum absolute atomic E-state index is 5.23. The lowest BCUT2D eigenvalue weighted by molar-refractivity contribution is 0.685. The zero-order valence-corrected chi connectivity index (χ0v) is 6.80. The van der Waals surface area contributed by atoms with Crippen molar-refractivity contribution in [2.45, 2.75) is 19.8 Å². The van der Waals surface area contributed by atoms with E-state index in [4.69, 9.17) is 6.42 Å². The van der Waals surface area contributed by atoms with Crippen molar-refractivity contribution in [3.05, 3.63) is 23.8 Å². The molecule has 0 bridgehead atoms. The number of terminal acetylenes is 1. The van der Waals surface area contributed by atoms with Crippen molar-refractivity contribution in [3.63, 3.8) is 0 Å². The van der Waals surface area contributed by atoms with Crippen molar-refractivity contribution in [1.29, 1.82) is 0 Å². The fourth-order valence-corrected chi connectivity index (χ4v) is 1.70. The van der Waals surface area contributed by atoms with Crippen molar-refractivity contribution in [2.75, 3.05) is 0 Å². The molecule has 0 heterocycles. The van der Waals surface area contributed by atoms with Crippen LogP contribution in [0.4, 0.5) is 0 Å². The Balaban J connectivity index is 2.14. The van der Waals surface area contributed by atoms with E-state index in [9.17, 15) is 0 Å². The van der Waals surface area contributed by atoms with Gasteiger partial charge in [-0.05, 0) is 23.3 Å². The largest absolute Gasteiger partial charge is 0.120 e. The minimum absolute atomic E-state index is 0.498. The van der Waals surface area contributed by atoms with Gasteiger partial charge in [-0.25, -0.2) is 0 Å². The van der Waals surface area contributed by atoms with E-state index in [0.29, 0.717) is 5.41 Å². The first kappa shape index (κ1) is 6.73. The third kappa shape index (κ3) is 1.01. The van der Waals surface area contributed by atoms with Gasteiger partial charge in [0.1, 0.15) is 0 Å². The van der Waals surface area contributed by atoms with Crippen LogP contribution in [0.2, 0.25) is 0 Å². The first-order chi connectivity index (χ1) is 5.24. The van der Waals surface area contributed by atoms with Gasteiger partial charge in [-0.1, -0.05) is 25.2 Å². The Morgan fingerprint density at radius 2 is 2.64 bits per heavy atom. The second-order valence-electron chi connectivity index (χ2n) is 3.77. The van der Waals surface area contributed by atoms with Crippen LogP contribution in [-0.4, -0.2) is 0 Å². The van der Waals surface area contributed by atoms with Gasteiger partial charge in [0.2, 0.25) is 0 Å². The van der Waals surface area contributed by atoms with Crippen LogP contribution >= 0.6 is 0 Å². The van der Waals surface area contributed by atoms with E-state index >= 15 is 0 Å². The Morgan fingerprint density at radius 3 is 3.27 bits per heavy atom. The molecule has 2 aliphatic rings. The minimum Gasteiger partial charge on any atom is -0.120 e. The summed E-state index contributed by atoms with van der Waals surface area (Å²) in [5, 5.41) is 0. The summed E-state index contributed by atoms with van der Waals surface area (Å²) in [7, 11) is 0. The third-order valence-electron chi connectivity index (χ3n) is 2.75. The molecule has 2 rings (SSSR count). The lowest BCUT2D eigenvalue weighted by Crippen LogP contribution is -1.96. The number of hydrogen-bond acceptors (Lipinski definition) is 0. The monoisotopic (exact) mass is 144 g/mol. The molecule has 0 nitrogen and oxygen atoms in total. The molecule has 0 N–H and O–H groups in total. The van der Waals surface area contributed by atoms with E-state index in [1.165, 1.54) is 12.0 Å². The fourth-order valence-electron chi connectivity index (χ4n) is 1.70. The highest BCUT2D eigenvalue weighted by Crippen LogP contribution is 2.56. The fraction of sp³-hybridized carbons (Fsp3) is 0.455. The van der Waals surface area contributed by atoms with Crippen LogP contribution in [0, 0.1) is 23.7 Å². The van der Waals surface area contributed by atoms with Gasteiger partial charge >= 0.3 is 0 Å². The van der Waals surface area contributed by atoms with Gasteiger partial charge in [-0.15, -0.1) is 12.3 Å². The molecular formula is C11H12. The molecule has 0 saturated heterocycles. The summed E-state index contributed by atoms with van der Waals surface area (Å²) in [4.78, 5) is 0. The molecule has 56 valence electrons. The molecule has 0 aromatic rings. The molecule has 11 heavy (non-hydrogen) atoms. The molecule has 0 aromatic carbocycles.